The minimum Gasteiger partial charge on any atom is -0.486 e. The molecule has 0 unspecified atom stereocenters. The first-order chi connectivity index (χ1) is 10.2. The van der Waals surface area contributed by atoms with E-state index in [0.717, 1.165) is 18.4 Å². The maximum absolute atomic E-state index is 12.4. The summed E-state index contributed by atoms with van der Waals surface area (Å²) in [4.78, 5) is 0.605. The summed E-state index contributed by atoms with van der Waals surface area (Å²) < 4.78 is 23.3. The van der Waals surface area contributed by atoms with Gasteiger partial charge in [0.1, 0.15) is 13.2 Å². The van der Waals surface area contributed by atoms with Gasteiger partial charge in [-0.05, 0) is 18.4 Å². The van der Waals surface area contributed by atoms with E-state index in [1.165, 1.54) is 0 Å². The molecule has 2 heterocycles. The van der Waals surface area contributed by atoms with Gasteiger partial charge in [0.25, 0.3) is 0 Å². The van der Waals surface area contributed by atoms with Crippen LogP contribution < -0.4 is 9.47 Å². The largest absolute Gasteiger partial charge is 0.486 e. The van der Waals surface area contributed by atoms with E-state index < -0.39 is 10.8 Å². The second-order valence-electron chi connectivity index (χ2n) is 4.69. The van der Waals surface area contributed by atoms with Crippen LogP contribution in [0.1, 0.15) is 12.0 Å². The lowest BCUT2D eigenvalue weighted by atomic mass is 10.2. The Morgan fingerprint density at radius 1 is 1.29 bits per heavy atom. The Labute approximate surface area is 130 Å². The summed E-state index contributed by atoms with van der Waals surface area (Å²) in [6, 6.07) is 3.41. The number of halogens is 1. The van der Waals surface area contributed by atoms with E-state index in [2.05, 4.69) is 10.2 Å². The zero-order chi connectivity index (χ0) is 14.7. The van der Waals surface area contributed by atoms with Gasteiger partial charge in [0.05, 0.1) is 26.9 Å². The zero-order valence-electron chi connectivity index (χ0n) is 11.3. The highest BCUT2D eigenvalue weighted by Crippen LogP contribution is 2.36. The number of ether oxygens (including phenoxy) is 2. The molecule has 0 fully saturated rings. The van der Waals surface area contributed by atoms with Crippen LogP contribution in [0.25, 0.3) is 0 Å². The molecular formula is C14H15ClN2O3S. The number of H-pyrrole nitrogens is 1. The van der Waals surface area contributed by atoms with E-state index in [-0.39, 0.29) is 0 Å². The lowest BCUT2D eigenvalue weighted by Crippen LogP contribution is -2.15. The van der Waals surface area contributed by atoms with Gasteiger partial charge in [0.15, 0.2) is 11.5 Å². The number of hydrogen-bond donors (Lipinski definition) is 1. The van der Waals surface area contributed by atoms with Gasteiger partial charge in [-0.15, -0.1) is 0 Å². The molecule has 1 aliphatic rings. The van der Waals surface area contributed by atoms with Crippen molar-refractivity contribution in [2.75, 3.05) is 19.0 Å². The van der Waals surface area contributed by atoms with Crippen molar-refractivity contribution in [1.29, 1.82) is 0 Å². The fourth-order valence-corrected chi connectivity index (χ4v) is 3.70. The van der Waals surface area contributed by atoms with Gasteiger partial charge in [-0.25, -0.2) is 0 Å². The summed E-state index contributed by atoms with van der Waals surface area (Å²) in [6.07, 6.45) is 5.27. The van der Waals surface area contributed by atoms with E-state index in [9.17, 15) is 4.21 Å². The maximum atomic E-state index is 12.4. The second kappa shape index (κ2) is 6.49. The third kappa shape index (κ3) is 3.39. The number of fused-ring (bicyclic) bond motifs is 1. The van der Waals surface area contributed by atoms with Crippen LogP contribution in [-0.2, 0) is 17.2 Å². The van der Waals surface area contributed by atoms with Crippen molar-refractivity contribution in [3.05, 3.63) is 35.1 Å². The van der Waals surface area contributed by atoms with E-state index in [4.69, 9.17) is 21.1 Å². The zero-order valence-corrected chi connectivity index (χ0v) is 12.9. The van der Waals surface area contributed by atoms with Crippen LogP contribution in [0.3, 0.4) is 0 Å². The number of benzene rings is 1. The summed E-state index contributed by atoms with van der Waals surface area (Å²) in [7, 11) is -1.15. The molecule has 0 aliphatic carbocycles. The number of rotatable bonds is 5. The number of aromatic nitrogens is 2. The molecular weight excluding hydrogens is 312 g/mol. The Morgan fingerprint density at radius 3 is 2.76 bits per heavy atom. The molecule has 21 heavy (non-hydrogen) atoms. The van der Waals surface area contributed by atoms with Gasteiger partial charge in [-0.3, -0.25) is 9.31 Å². The van der Waals surface area contributed by atoms with Gasteiger partial charge in [0, 0.05) is 24.1 Å². The highest BCUT2D eigenvalue weighted by molar-refractivity contribution is 7.85. The average molecular weight is 327 g/mol. The molecule has 2 aromatic rings. The Hall–Kier alpha value is -1.53. The summed E-state index contributed by atoms with van der Waals surface area (Å²) in [5, 5.41) is 7.11. The van der Waals surface area contributed by atoms with Crippen molar-refractivity contribution in [3.8, 4) is 11.5 Å². The molecule has 1 aromatic heterocycles. The van der Waals surface area contributed by atoms with Crippen LogP contribution in [0.5, 0.6) is 11.5 Å². The summed E-state index contributed by atoms with van der Waals surface area (Å²) in [6.45, 7) is 1.01. The average Bonchev–Trinajstić information content (AvgIpc) is 2.99. The predicted octanol–water partition coefficient (Wildman–Crippen LogP) is 2.57. The molecule has 0 radical (unpaired) electrons. The Bertz CT molecular complexity index is 646. The quantitative estimate of drug-likeness (QED) is 0.917. The van der Waals surface area contributed by atoms with Crippen LogP contribution in [0, 0.1) is 0 Å². The van der Waals surface area contributed by atoms with Crippen LogP contribution in [0.15, 0.2) is 29.4 Å². The Balaban J connectivity index is 1.66. The summed E-state index contributed by atoms with van der Waals surface area (Å²) in [5.41, 5.74) is 1.11. The molecule has 112 valence electrons. The van der Waals surface area contributed by atoms with E-state index in [1.807, 2.05) is 6.20 Å². The first-order valence-electron chi connectivity index (χ1n) is 6.69. The SMILES string of the molecule is O=[S@](CCCc1cn[nH]c1)c1cc2c(cc1Cl)OCCO2. The fraction of sp³-hybridized carbons (Fsp3) is 0.357. The molecule has 3 rings (SSSR count). The van der Waals surface area contributed by atoms with Crippen molar-refractivity contribution in [1.82, 2.24) is 10.2 Å². The lowest BCUT2D eigenvalue weighted by Gasteiger charge is -2.19. The minimum absolute atomic E-state index is 0.459. The number of hydrogen-bond acceptors (Lipinski definition) is 4. The molecule has 1 N–H and O–H groups in total. The topological polar surface area (TPSA) is 64.2 Å². The van der Waals surface area contributed by atoms with Crippen LogP contribution >= 0.6 is 11.6 Å². The first kappa shape index (κ1) is 14.4. The molecule has 0 saturated carbocycles. The summed E-state index contributed by atoms with van der Waals surface area (Å²) >= 11 is 6.19. The van der Waals surface area contributed by atoms with Crippen molar-refractivity contribution in [2.45, 2.75) is 17.7 Å². The number of nitrogens with zero attached hydrogens (tertiary/aromatic N) is 1. The van der Waals surface area contributed by atoms with E-state index in [1.54, 1.807) is 18.3 Å². The summed E-state index contributed by atoms with van der Waals surface area (Å²) in [5.74, 6) is 1.78. The maximum Gasteiger partial charge on any atom is 0.162 e. The van der Waals surface area contributed by atoms with Gasteiger partial charge >= 0.3 is 0 Å². The van der Waals surface area contributed by atoms with Gasteiger partial charge in [-0.1, -0.05) is 11.6 Å². The molecule has 5 nitrogen and oxygen atoms in total. The predicted molar refractivity (Wildman–Crippen MR) is 80.6 cm³/mol. The van der Waals surface area contributed by atoms with Crippen molar-refractivity contribution < 1.29 is 13.7 Å². The van der Waals surface area contributed by atoms with Gasteiger partial charge < -0.3 is 9.47 Å². The third-order valence-corrected chi connectivity index (χ3v) is 5.10. The minimum atomic E-state index is -1.15. The highest BCUT2D eigenvalue weighted by atomic mass is 35.5. The van der Waals surface area contributed by atoms with Crippen molar-refractivity contribution in [3.63, 3.8) is 0 Å². The number of aromatic amines is 1. The van der Waals surface area contributed by atoms with Gasteiger partial charge in [0.2, 0.25) is 0 Å². The molecule has 7 heteroatoms. The molecule has 0 bridgehead atoms. The van der Waals surface area contributed by atoms with E-state index in [0.29, 0.717) is 40.4 Å². The molecule has 1 aliphatic heterocycles. The highest BCUT2D eigenvalue weighted by Gasteiger charge is 2.18. The molecule has 0 amide bonds. The molecule has 0 saturated heterocycles. The first-order valence-corrected chi connectivity index (χ1v) is 8.39. The van der Waals surface area contributed by atoms with Crippen LogP contribution in [0.2, 0.25) is 5.02 Å². The van der Waals surface area contributed by atoms with Crippen molar-refractivity contribution >= 4 is 22.4 Å². The van der Waals surface area contributed by atoms with Crippen molar-refractivity contribution in [2.24, 2.45) is 0 Å². The smallest absolute Gasteiger partial charge is 0.162 e. The number of aryl methyl sites for hydroxylation is 1. The molecule has 1 atom stereocenters. The number of nitrogens with one attached hydrogen (secondary N) is 1. The second-order valence-corrected chi connectivity index (χ2v) is 6.63. The van der Waals surface area contributed by atoms with Crippen LogP contribution in [-0.4, -0.2) is 33.4 Å². The molecule has 0 spiro atoms. The lowest BCUT2D eigenvalue weighted by molar-refractivity contribution is 0.171. The Morgan fingerprint density at radius 2 is 2.05 bits per heavy atom. The normalized spacial score (nSPS) is 14.9. The van der Waals surface area contributed by atoms with Gasteiger partial charge in [-0.2, -0.15) is 5.10 Å². The third-order valence-electron chi connectivity index (χ3n) is 3.19. The van der Waals surface area contributed by atoms with E-state index >= 15 is 0 Å². The standard InChI is InChI=1S/C14H15ClN2O3S/c15-11-6-12-13(20-4-3-19-12)7-14(11)21(18)5-1-2-10-8-16-17-9-10/h6-9H,1-5H2,(H,16,17)/t21-/m1/s1. The Kier molecular flexibility index (Phi) is 4.45. The fourth-order valence-electron chi connectivity index (χ4n) is 2.15. The van der Waals surface area contributed by atoms with Crippen LogP contribution in [0.4, 0.5) is 0 Å². The monoisotopic (exact) mass is 326 g/mol. The molecule has 1 aromatic carbocycles.